The molecule has 0 spiro atoms. The summed E-state index contributed by atoms with van der Waals surface area (Å²) in [7, 11) is 3.23. The summed E-state index contributed by atoms with van der Waals surface area (Å²) in [6, 6.07) is 14.8. The number of carbonyl (C=O) groups excluding carboxylic acids is 1. The minimum absolute atomic E-state index is 0.0925. The number of rotatable bonds is 9. The molecule has 28 heavy (non-hydrogen) atoms. The molecule has 8 heteroatoms. The van der Waals surface area contributed by atoms with E-state index >= 15 is 0 Å². The Hall–Kier alpha value is -3.55. The van der Waals surface area contributed by atoms with Crippen LogP contribution in [0.4, 0.5) is 0 Å². The minimum Gasteiger partial charge on any atom is -0.497 e. The summed E-state index contributed by atoms with van der Waals surface area (Å²) < 4.78 is 15.8. The van der Waals surface area contributed by atoms with Crippen LogP contribution in [0.25, 0.3) is 0 Å². The monoisotopic (exact) mass is 382 g/mol. The number of benzene rings is 2. The van der Waals surface area contributed by atoms with Crippen molar-refractivity contribution in [1.29, 1.82) is 0 Å². The van der Waals surface area contributed by atoms with E-state index in [0.717, 1.165) is 17.1 Å². The summed E-state index contributed by atoms with van der Waals surface area (Å²) in [5.41, 5.74) is 0.984. The van der Waals surface area contributed by atoms with Crippen LogP contribution in [0.2, 0.25) is 0 Å². The summed E-state index contributed by atoms with van der Waals surface area (Å²) in [5, 5.41) is 9.69. The van der Waals surface area contributed by atoms with Gasteiger partial charge in [-0.3, -0.25) is 9.89 Å². The number of ether oxygens (including phenoxy) is 3. The van der Waals surface area contributed by atoms with Gasteiger partial charge in [-0.1, -0.05) is 12.1 Å². The number of amides is 1. The first kappa shape index (κ1) is 19.2. The summed E-state index contributed by atoms with van der Waals surface area (Å²) >= 11 is 0. The van der Waals surface area contributed by atoms with Crippen molar-refractivity contribution in [3.63, 3.8) is 0 Å². The molecule has 146 valence electrons. The highest BCUT2D eigenvalue weighted by molar-refractivity contribution is 5.77. The quantitative estimate of drug-likeness (QED) is 0.589. The zero-order valence-electron chi connectivity index (χ0n) is 15.8. The smallest absolute Gasteiger partial charge is 0.228 e. The lowest BCUT2D eigenvalue weighted by Gasteiger charge is -2.05. The van der Waals surface area contributed by atoms with Gasteiger partial charge in [-0.05, 0) is 42.0 Å². The average molecular weight is 382 g/mol. The number of carbonyl (C=O) groups is 1. The lowest BCUT2D eigenvalue weighted by Crippen LogP contribution is -2.25. The van der Waals surface area contributed by atoms with Gasteiger partial charge in [-0.2, -0.15) is 5.10 Å². The number of aromatic amines is 1. The van der Waals surface area contributed by atoms with Crippen LogP contribution in [-0.2, 0) is 24.4 Å². The molecule has 0 radical (unpaired) electrons. The maximum Gasteiger partial charge on any atom is 0.228 e. The van der Waals surface area contributed by atoms with Gasteiger partial charge < -0.3 is 19.5 Å². The molecule has 1 amide bonds. The van der Waals surface area contributed by atoms with E-state index in [-0.39, 0.29) is 18.9 Å². The molecule has 2 aromatic carbocycles. The summed E-state index contributed by atoms with van der Waals surface area (Å²) in [4.78, 5) is 16.4. The van der Waals surface area contributed by atoms with Gasteiger partial charge in [0.1, 0.15) is 23.9 Å². The third kappa shape index (κ3) is 5.47. The van der Waals surface area contributed by atoms with E-state index < -0.39 is 0 Å². The van der Waals surface area contributed by atoms with Crippen LogP contribution in [0.15, 0.2) is 48.5 Å². The Morgan fingerprint density at radius 1 is 0.964 bits per heavy atom. The third-order valence-corrected chi connectivity index (χ3v) is 3.98. The van der Waals surface area contributed by atoms with Gasteiger partial charge in [0.25, 0.3) is 0 Å². The standard InChI is InChI=1S/C20H22N4O4/c1-26-15-5-3-14(4-6-15)12-21-20(25)11-18-22-19(24-23-18)13-28-17-9-7-16(27-2)8-10-17/h3-10H,11-13H2,1-2H3,(H,21,25)(H,22,23,24). The Kier molecular flexibility index (Phi) is 6.46. The molecule has 0 aliphatic carbocycles. The molecule has 0 aliphatic heterocycles. The van der Waals surface area contributed by atoms with Gasteiger partial charge in [-0.15, -0.1) is 0 Å². The molecule has 3 rings (SSSR count). The van der Waals surface area contributed by atoms with E-state index in [1.54, 1.807) is 14.2 Å². The molecule has 0 aliphatic rings. The van der Waals surface area contributed by atoms with Gasteiger partial charge in [0.15, 0.2) is 11.6 Å². The second kappa shape index (κ2) is 9.40. The lowest BCUT2D eigenvalue weighted by atomic mass is 10.2. The minimum atomic E-state index is -0.155. The molecule has 0 saturated carbocycles. The SMILES string of the molecule is COc1ccc(CNC(=O)Cc2n[nH]c(COc3ccc(OC)cc3)n2)cc1. The third-order valence-electron chi connectivity index (χ3n) is 3.98. The van der Waals surface area contributed by atoms with Crippen LogP contribution in [0.5, 0.6) is 17.2 Å². The fourth-order valence-corrected chi connectivity index (χ4v) is 2.45. The molecule has 0 saturated heterocycles. The largest absolute Gasteiger partial charge is 0.497 e. The second-order valence-electron chi connectivity index (χ2n) is 5.96. The second-order valence-corrected chi connectivity index (χ2v) is 5.96. The topological polar surface area (TPSA) is 98.4 Å². The fraction of sp³-hybridized carbons (Fsp3) is 0.250. The van der Waals surface area contributed by atoms with Gasteiger partial charge in [0, 0.05) is 6.54 Å². The molecule has 2 N–H and O–H groups in total. The van der Waals surface area contributed by atoms with Crippen LogP contribution in [0, 0.1) is 0 Å². The highest BCUT2D eigenvalue weighted by Gasteiger charge is 2.09. The zero-order chi connectivity index (χ0) is 19.8. The predicted octanol–water partition coefficient (Wildman–Crippen LogP) is 2.26. The van der Waals surface area contributed by atoms with Crippen LogP contribution in [0.1, 0.15) is 17.2 Å². The highest BCUT2D eigenvalue weighted by atomic mass is 16.5. The Bertz CT molecular complexity index is 891. The molecule has 1 heterocycles. The summed E-state index contributed by atoms with van der Waals surface area (Å²) in [6.45, 7) is 0.660. The molecular weight excluding hydrogens is 360 g/mol. The molecule has 0 unspecified atom stereocenters. The summed E-state index contributed by atoms with van der Waals surface area (Å²) in [6.07, 6.45) is 0.0925. The average Bonchev–Trinajstić information content (AvgIpc) is 3.18. The fourth-order valence-electron chi connectivity index (χ4n) is 2.45. The number of nitrogens with zero attached hydrogens (tertiary/aromatic N) is 2. The normalized spacial score (nSPS) is 10.4. The van der Waals surface area contributed by atoms with Crippen molar-refractivity contribution in [1.82, 2.24) is 20.5 Å². The molecule has 3 aromatic rings. The first-order valence-corrected chi connectivity index (χ1v) is 8.73. The molecule has 0 bridgehead atoms. The van der Waals surface area contributed by atoms with E-state index in [1.807, 2.05) is 48.5 Å². The van der Waals surface area contributed by atoms with Gasteiger partial charge in [0.05, 0.1) is 20.6 Å². The number of H-pyrrole nitrogens is 1. The van der Waals surface area contributed by atoms with Crippen LogP contribution in [-0.4, -0.2) is 35.3 Å². The van der Waals surface area contributed by atoms with Crippen LogP contribution >= 0.6 is 0 Å². The first-order chi connectivity index (χ1) is 13.7. The van der Waals surface area contributed by atoms with Gasteiger partial charge in [-0.25, -0.2) is 4.98 Å². The Labute approximate surface area is 162 Å². The number of hydrogen-bond acceptors (Lipinski definition) is 6. The number of aromatic nitrogens is 3. The first-order valence-electron chi connectivity index (χ1n) is 8.73. The van der Waals surface area contributed by atoms with Gasteiger partial charge in [0.2, 0.25) is 5.91 Å². The Morgan fingerprint density at radius 3 is 2.21 bits per heavy atom. The van der Waals surface area contributed by atoms with Crippen molar-refractivity contribution in [3.8, 4) is 17.2 Å². The number of hydrogen-bond donors (Lipinski definition) is 2. The van der Waals surface area contributed by atoms with Crippen molar-refractivity contribution in [2.24, 2.45) is 0 Å². The Balaban J connectivity index is 1.44. The zero-order valence-corrected chi connectivity index (χ0v) is 15.8. The Morgan fingerprint density at radius 2 is 1.57 bits per heavy atom. The maximum atomic E-state index is 12.1. The van der Waals surface area contributed by atoms with E-state index in [9.17, 15) is 4.79 Å². The van der Waals surface area contributed by atoms with Crippen molar-refractivity contribution in [3.05, 3.63) is 65.7 Å². The van der Waals surface area contributed by atoms with Crippen LogP contribution < -0.4 is 19.5 Å². The maximum absolute atomic E-state index is 12.1. The van der Waals surface area contributed by atoms with E-state index in [2.05, 4.69) is 20.5 Å². The van der Waals surface area contributed by atoms with E-state index in [4.69, 9.17) is 14.2 Å². The van der Waals surface area contributed by atoms with Crippen LogP contribution in [0.3, 0.4) is 0 Å². The number of nitrogens with one attached hydrogen (secondary N) is 2. The number of methoxy groups -OCH3 is 2. The predicted molar refractivity (Wildman–Crippen MR) is 102 cm³/mol. The van der Waals surface area contributed by atoms with Crippen molar-refractivity contribution < 1.29 is 19.0 Å². The molecule has 8 nitrogen and oxygen atoms in total. The van der Waals surface area contributed by atoms with Crippen molar-refractivity contribution >= 4 is 5.91 Å². The molecule has 1 aromatic heterocycles. The molecule has 0 atom stereocenters. The van der Waals surface area contributed by atoms with Crippen molar-refractivity contribution in [2.75, 3.05) is 14.2 Å². The van der Waals surface area contributed by atoms with E-state index in [0.29, 0.717) is 23.9 Å². The lowest BCUT2D eigenvalue weighted by molar-refractivity contribution is -0.120. The molecule has 0 fully saturated rings. The molecular formula is C20H22N4O4. The van der Waals surface area contributed by atoms with Crippen molar-refractivity contribution in [2.45, 2.75) is 19.6 Å². The van der Waals surface area contributed by atoms with Gasteiger partial charge >= 0.3 is 0 Å². The van der Waals surface area contributed by atoms with E-state index in [1.165, 1.54) is 0 Å². The highest BCUT2D eigenvalue weighted by Crippen LogP contribution is 2.17. The summed E-state index contributed by atoms with van der Waals surface area (Å²) in [5.74, 6) is 3.04.